The normalized spacial score (nSPS) is 15.1. The topological polar surface area (TPSA) is 92.1 Å². The minimum Gasteiger partial charge on any atom is -0.465 e. The lowest BCUT2D eigenvalue weighted by Gasteiger charge is -2.18. The standard InChI is InChI=1S/C23H27N3O3S2/c1-4-5-16-8-7-15(13-24)21(25-16)30-11-10-19(27)26-22-20(23(28)29-3)17-9-6-14(2)12-18(17)31-22/h7-8,14H,4-6,9-12H2,1-3H3,(H,26,27). The molecule has 2 heterocycles. The molecule has 0 spiro atoms. The number of anilines is 1. The number of nitriles is 1. The smallest absolute Gasteiger partial charge is 0.341 e. The van der Waals surface area contributed by atoms with Crippen LogP contribution in [0.15, 0.2) is 17.2 Å². The van der Waals surface area contributed by atoms with E-state index in [0.717, 1.165) is 43.4 Å². The van der Waals surface area contributed by atoms with Crippen LogP contribution in [0, 0.1) is 17.2 Å². The average molecular weight is 458 g/mol. The van der Waals surface area contributed by atoms with Crippen LogP contribution in [0.4, 0.5) is 5.00 Å². The number of hydrogen-bond acceptors (Lipinski definition) is 7. The van der Waals surface area contributed by atoms with Gasteiger partial charge in [0.15, 0.2) is 0 Å². The summed E-state index contributed by atoms with van der Waals surface area (Å²) in [6.45, 7) is 4.29. The van der Waals surface area contributed by atoms with Gasteiger partial charge in [0.1, 0.15) is 16.1 Å². The fourth-order valence-corrected chi connectivity index (χ4v) is 6.00. The molecule has 2 aromatic heterocycles. The Hall–Kier alpha value is -2.37. The third kappa shape index (κ3) is 5.66. The molecule has 0 saturated heterocycles. The van der Waals surface area contributed by atoms with Gasteiger partial charge < -0.3 is 10.1 Å². The monoisotopic (exact) mass is 457 g/mol. The molecule has 1 aliphatic rings. The molecule has 1 amide bonds. The summed E-state index contributed by atoms with van der Waals surface area (Å²) in [5.41, 5.74) is 3.01. The third-order valence-electron chi connectivity index (χ3n) is 5.27. The number of methoxy groups -OCH3 is 1. The minimum absolute atomic E-state index is 0.160. The second-order valence-electron chi connectivity index (χ2n) is 7.71. The van der Waals surface area contributed by atoms with Crippen LogP contribution in [0.5, 0.6) is 0 Å². The first-order valence-corrected chi connectivity index (χ1v) is 12.3. The van der Waals surface area contributed by atoms with Gasteiger partial charge in [-0.1, -0.05) is 20.3 Å². The summed E-state index contributed by atoms with van der Waals surface area (Å²) < 4.78 is 4.98. The fourth-order valence-electron chi connectivity index (χ4n) is 3.66. The number of rotatable bonds is 8. The van der Waals surface area contributed by atoms with Crippen molar-refractivity contribution < 1.29 is 14.3 Å². The summed E-state index contributed by atoms with van der Waals surface area (Å²) in [7, 11) is 1.37. The quantitative estimate of drug-likeness (QED) is 0.443. The number of fused-ring (bicyclic) bond motifs is 1. The number of nitrogens with zero attached hydrogens (tertiary/aromatic N) is 2. The first-order chi connectivity index (χ1) is 15.0. The van der Waals surface area contributed by atoms with Gasteiger partial charge >= 0.3 is 5.97 Å². The molecular weight excluding hydrogens is 430 g/mol. The second kappa shape index (κ2) is 10.8. The lowest BCUT2D eigenvalue weighted by atomic mass is 9.88. The van der Waals surface area contributed by atoms with Crippen LogP contribution >= 0.6 is 23.1 Å². The highest BCUT2D eigenvalue weighted by atomic mass is 32.2. The van der Waals surface area contributed by atoms with Crippen molar-refractivity contribution in [2.45, 2.75) is 57.4 Å². The predicted molar refractivity (Wildman–Crippen MR) is 124 cm³/mol. The number of amides is 1. The summed E-state index contributed by atoms with van der Waals surface area (Å²) >= 11 is 2.90. The van der Waals surface area contributed by atoms with Gasteiger partial charge in [0.2, 0.25) is 5.91 Å². The van der Waals surface area contributed by atoms with Crippen LogP contribution in [0.3, 0.4) is 0 Å². The Morgan fingerprint density at radius 3 is 2.94 bits per heavy atom. The number of aromatic nitrogens is 1. The van der Waals surface area contributed by atoms with Crippen molar-refractivity contribution in [3.63, 3.8) is 0 Å². The molecule has 1 N–H and O–H groups in total. The minimum atomic E-state index is -0.396. The van der Waals surface area contributed by atoms with Gasteiger partial charge in [-0.25, -0.2) is 9.78 Å². The van der Waals surface area contributed by atoms with Gasteiger partial charge in [0, 0.05) is 22.7 Å². The highest BCUT2D eigenvalue weighted by Gasteiger charge is 2.28. The highest BCUT2D eigenvalue weighted by Crippen LogP contribution is 2.40. The number of carbonyl (C=O) groups is 2. The number of ether oxygens (including phenoxy) is 1. The van der Waals surface area contributed by atoms with Gasteiger partial charge in [0.25, 0.3) is 0 Å². The summed E-state index contributed by atoms with van der Waals surface area (Å²) in [6, 6.07) is 5.84. The largest absolute Gasteiger partial charge is 0.465 e. The van der Waals surface area contributed by atoms with E-state index in [1.165, 1.54) is 35.1 Å². The van der Waals surface area contributed by atoms with Crippen LogP contribution < -0.4 is 5.32 Å². The molecule has 0 fully saturated rings. The van der Waals surface area contributed by atoms with Gasteiger partial charge in [-0.3, -0.25) is 4.79 Å². The van der Waals surface area contributed by atoms with E-state index in [1.54, 1.807) is 6.07 Å². The van der Waals surface area contributed by atoms with E-state index in [2.05, 4.69) is 30.2 Å². The van der Waals surface area contributed by atoms with Crippen LogP contribution in [0.1, 0.15) is 65.2 Å². The van der Waals surface area contributed by atoms with E-state index in [4.69, 9.17) is 4.74 Å². The molecule has 1 unspecified atom stereocenters. The molecule has 0 radical (unpaired) electrons. The average Bonchev–Trinajstić information content (AvgIpc) is 3.10. The molecule has 6 nitrogen and oxygen atoms in total. The summed E-state index contributed by atoms with van der Waals surface area (Å²) in [4.78, 5) is 30.7. The lowest BCUT2D eigenvalue weighted by Crippen LogP contribution is -2.16. The van der Waals surface area contributed by atoms with Crippen molar-refractivity contribution in [2.24, 2.45) is 5.92 Å². The van der Waals surface area contributed by atoms with Gasteiger partial charge in [-0.2, -0.15) is 5.26 Å². The van der Waals surface area contributed by atoms with Crippen molar-refractivity contribution in [3.8, 4) is 6.07 Å². The molecule has 1 atom stereocenters. The highest BCUT2D eigenvalue weighted by molar-refractivity contribution is 7.99. The van der Waals surface area contributed by atoms with Crippen molar-refractivity contribution >= 4 is 40.0 Å². The van der Waals surface area contributed by atoms with Crippen molar-refractivity contribution in [1.29, 1.82) is 5.26 Å². The zero-order valence-corrected chi connectivity index (χ0v) is 19.8. The molecule has 3 rings (SSSR count). The number of esters is 1. The molecule has 1 aliphatic carbocycles. The van der Waals surface area contributed by atoms with Crippen LogP contribution in [-0.4, -0.2) is 29.7 Å². The Morgan fingerprint density at radius 2 is 2.23 bits per heavy atom. The number of aryl methyl sites for hydroxylation is 1. The lowest BCUT2D eigenvalue weighted by molar-refractivity contribution is -0.115. The fraction of sp³-hybridized carbons (Fsp3) is 0.478. The van der Waals surface area contributed by atoms with Crippen molar-refractivity contribution in [3.05, 3.63) is 39.4 Å². The molecule has 0 aromatic carbocycles. The Morgan fingerprint density at radius 1 is 1.42 bits per heavy atom. The first kappa shape index (κ1) is 23.3. The van der Waals surface area contributed by atoms with E-state index in [9.17, 15) is 14.9 Å². The summed E-state index contributed by atoms with van der Waals surface area (Å²) in [5.74, 6) is 0.514. The second-order valence-corrected chi connectivity index (χ2v) is 9.90. The Kier molecular flexibility index (Phi) is 8.10. The predicted octanol–water partition coefficient (Wildman–Crippen LogP) is 5.00. The van der Waals surface area contributed by atoms with Gasteiger partial charge in [-0.15, -0.1) is 23.1 Å². The number of thioether (sulfide) groups is 1. The van der Waals surface area contributed by atoms with E-state index >= 15 is 0 Å². The van der Waals surface area contributed by atoms with E-state index in [0.29, 0.717) is 32.8 Å². The molecule has 0 aliphatic heterocycles. The Balaban J connectivity index is 1.66. The van der Waals surface area contributed by atoms with E-state index < -0.39 is 5.97 Å². The van der Waals surface area contributed by atoms with Crippen LogP contribution in [0.2, 0.25) is 0 Å². The van der Waals surface area contributed by atoms with Gasteiger partial charge in [-0.05, 0) is 49.3 Å². The maximum atomic E-state index is 12.6. The third-order valence-corrected chi connectivity index (χ3v) is 7.43. The zero-order valence-electron chi connectivity index (χ0n) is 18.1. The Labute approximate surface area is 191 Å². The maximum absolute atomic E-state index is 12.6. The summed E-state index contributed by atoms with van der Waals surface area (Å²) in [6.07, 6.45) is 4.89. The molecule has 2 aromatic rings. The number of carbonyl (C=O) groups excluding carboxylic acids is 2. The molecule has 0 bridgehead atoms. The van der Waals surface area contributed by atoms with E-state index in [1.807, 2.05) is 6.07 Å². The van der Waals surface area contributed by atoms with Crippen LogP contribution in [0.25, 0.3) is 0 Å². The molecular formula is C23H27N3O3S2. The molecule has 0 saturated carbocycles. The molecule has 8 heteroatoms. The first-order valence-electron chi connectivity index (χ1n) is 10.5. The van der Waals surface area contributed by atoms with Crippen molar-refractivity contribution in [1.82, 2.24) is 4.98 Å². The van der Waals surface area contributed by atoms with E-state index in [-0.39, 0.29) is 12.3 Å². The SMILES string of the molecule is CCCc1ccc(C#N)c(SCCC(=O)Nc2sc3c(c2C(=O)OC)CCC(C)C3)n1. The molecule has 164 valence electrons. The number of pyridine rings is 1. The maximum Gasteiger partial charge on any atom is 0.341 e. The Bertz CT molecular complexity index is 1010. The zero-order chi connectivity index (χ0) is 22.4. The number of thiophene rings is 1. The van der Waals surface area contributed by atoms with Crippen molar-refractivity contribution in [2.75, 3.05) is 18.2 Å². The number of hydrogen-bond donors (Lipinski definition) is 1. The molecule has 31 heavy (non-hydrogen) atoms. The van der Waals surface area contributed by atoms with Crippen LogP contribution in [-0.2, 0) is 28.8 Å². The van der Waals surface area contributed by atoms with Gasteiger partial charge in [0.05, 0.1) is 18.2 Å². The number of nitrogens with one attached hydrogen (secondary N) is 1. The summed E-state index contributed by atoms with van der Waals surface area (Å²) in [5, 5.41) is 13.5.